The molecule has 1 saturated heterocycles. The summed E-state index contributed by atoms with van der Waals surface area (Å²) >= 11 is 4.09. The van der Waals surface area contributed by atoms with Gasteiger partial charge in [-0.3, -0.25) is 4.57 Å². The van der Waals surface area contributed by atoms with Crippen LogP contribution in [0.5, 0.6) is 0 Å². The Kier molecular flexibility index (Phi) is 4.45. The minimum Gasteiger partial charge on any atom is -0.394 e. The van der Waals surface area contributed by atoms with E-state index in [0.29, 0.717) is 23.5 Å². The Bertz CT molecular complexity index is 653. The Morgan fingerprint density at radius 2 is 2.23 bits per heavy atom. The number of ether oxygens (including phenoxy) is 2. The lowest BCUT2D eigenvalue weighted by Gasteiger charge is -2.21. The van der Waals surface area contributed by atoms with E-state index >= 15 is 0 Å². The first kappa shape index (κ1) is 15.4. The summed E-state index contributed by atoms with van der Waals surface area (Å²) in [4.78, 5) is 12.2. The average Bonchev–Trinajstić information content (AvgIpc) is 3.07. The highest BCUT2D eigenvalue weighted by Gasteiger charge is 2.45. The summed E-state index contributed by atoms with van der Waals surface area (Å²) in [5.41, 5.74) is 6.69. The molecule has 4 atom stereocenters. The lowest BCUT2D eigenvalue weighted by Crippen LogP contribution is -2.35. The fraction of sp³-hybridized carbons (Fsp3) is 0.583. The van der Waals surface area contributed by atoms with Gasteiger partial charge < -0.3 is 25.4 Å². The van der Waals surface area contributed by atoms with Gasteiger partial charge >= 0.3 is 0 Å². The van der Waals surface area contributed by atoms with Crippen molar-refractivity contribution in [2.75, 3.05) is 24.7 Å². The molecule has 10 heteroatoms. The van der Waals surface area contributed by atoms with Gasteiger partial charge in [0, 0.05) is 5.75 Å². The van der Waals surface area contributed by atoms with Crippen molar-refractivity contribution in [1.29, 1.82) is 0 Å². The minimum absolute atomic E-state index is 0.258. The van der Waals surface area contributed by atoms with Crippen molar-refractivity contribution in [2.24, 2.45) is 0 Å². The second-order valence-corrected chi connectivity index (χ2v) is 5.33. The fourth-order valence-corrected chi connectivity index (χ4v) is 2.62. The van der Waals surface area contributed by atoms with Gasteiger partial charge in [-0.05, 0) is 0 Å². The van der Waals surface area contributed by atoms with Crippen LogP contribution < -0.4 is 5.73 Å². The Hall–Kier alpha value is -1.46. The molecule has 0 aliphatic carbocycles. The van der Waals surface area contributed by atoms with Gasteiger partial charge in [-0.25, -0.2) is 15.0 Å². The van der Waals surface area contributed by atoms with Gasteiger partial charge in [0.1, 0.15) is 30.2 Å². The summed E-state index contributed by atoms with van der Waals surface area (Å²) in [7, 11) is 0. The molecule has 4 N–H and O–H groups in total. The Labute approximate surface area is 131 Å². The fourth-order valence-electron chi connectivity index (χ4n) is 2.52. The van der Waals surface area contributed by atoms with E-state index in [1.54, 1.807) is 4.57 Å². The van der Waals surface area contributed by atoms with Crippen molar-refractivity contribution in [1.82, 2.24) is 19.5 Å². The number of hydrogen-bond acceptors (Lipinski definition) is 9. The first-order valence-electron chi connectivity index (χ1n) is 6.77. The molecular formula is C12H17N5O4S. The van der Waals surface area contributed by atoms with Crippen molar-refractivity contribution in [3.63, 3.8) is 0 Å². The van der Waals surface area contributed by atoms with E-state index in [0.717, 1.165) is 0 Å². The van der Waals surface area contributed by atoms with Gasteiger partial charge in [-0.2, -0.15) is 12.6 Å². The molecule has 120 valence electrons. The zero-order valence-electron chi connectivity index (χ0n) is 11.6. The van der Waals surface area contributed by atoms with Gasteiger partial charge in [-0.1, -0.05) is 0 Å². The van der Waals surface area contributed by atoms with Crippen LogP contribution in [0.1, 0.15) is 6.23 Å². The maximum absolute atomic E-state index is 10.2. The summed E-state index contributed by atoms with van der Waals surface area (Å²) in [6.07, 6.45) is -0.222. The van der Waals surface area contributed by atoms with E-state index in [1.165, 1.54) is 12.7 Å². The second kappa shape index (κ2) is 6.34. The lowest BCUT2D eigenvalue weighted by molar-refractivity contribution is -0.0670. The highest BCUT2D eigenvalue weighted by Crippen LogP contribution is 2.33. The molecule has 0 aromatic carbocycles. The van der Waals surface area contributed by atoms with Crippen molar-refractivity contribution in [3.05, 3.63) is 12.7 Å². The van der Waals surface area contributed by atoms with Crippen molar-refractivity contribution in [3.8, 4) is 0 Å². The third-order valence-electron chi connectivity index (χ3n) is 3.56. The van der Waals surface area contributed by atoms with Gasteiger partial charge in [0.25, 0.3) is 0 Å². The van der Waals surface area contributed by atoms with Gasteiger partial charge in [0.15, 0.2) is 17.7 Å². The first-order valence-corrected chi connectivity index (χ1v) is 7.40. The van der Waals surface area contributed by atoms with Crippen LogP contribution in [-0.4, -0.2) is 67.0 Å². The number of thiol groups is 1. The molecule has 0 spiro atoms. The van der Waals surface area contributed by atoms with Gasteiger partial charge in [0.2, 0.25) is 0 Å². The molecule has 2 aromatic heterocycles. The topological polar surface area (TPSA) is 129 Å². The zero-order valence-corrected chi connectivity index (χ0v) is 12.5. The zero-order chi connectivity index (χ0) is 15.7. The maximum atomic E-state index is 10.2. The molecule has 0 saturated carbocycles. The van der Waals surface area contributed by atoms with E-state index in [1.807, 2.05) is 0 Å². The van der Waals surface area contributed by atoms with Gasteiger partial charge in [0.05, 0.1) is 19.5 Å². The monoisotopic (exact) mass is 327 g/mol. The highest BCUT2D eigenvalue weighted by molar-refractivity contribution is 7.80. The highest BCUT2D eigenvalue weighted by atomic mass is 32.1. The van der Waals surface area contributed by atoms with Crippen LogP contribution in [0.2, 0.25) is 0 Å². The number of nitrogen functional groups attached to an aromatic ring is 1. The summed E-state index contributed by atoms with van der Waals surface area (Å²) in [5, 5.41) is 19.6. The third-order valence-corrected chi connectivity index (χ3v) is 3.74. The van der Waals surface area contributed by atoms with Crippen LogP contribution in [0.25, 0.3) is 11.2 Å². The predicted molar refractivity (Wildman–Crippen MR) is 80.3 cm³/mol. The Morgan fingerprint density at radius 1 is 1.41 bits per heavy atom. The number of aliphatic hydroxyl groups is 2. The van der Waals surface area contributed by atoms with Crippen molar-refractivity contribution >= 4 is 29.6 Å². The number of imidazole rings is 1. The smallest absolute Gasteiger partial charge is 0.167 e. The second-order valence-electron chi connectivity index (χ2n) is 4.88. The predicted octanol–water partition coefficient (Wildman–Crippen LogP) is -1.03. The lowest BCUT2D eigenvalue weighted by atomic mass is 10.1. The van der Waals surface area contributed by atoms with Crippen LogP contribution in [0.4, 0.5) is 5.82 Å². The number of nitrogens with zero attached hydrogens (tertiary/aromatic N) is 4. The number of aromatic nitrogens is 4. The minimum atomic E-state index is -0.966. The van der Waals surface area contributed by atoms with E-state index in [-0.39, 0.29) is 12.4 Å². The number of rotatable bonds is 5. The molecule has 22 heavy (non-hydrogen) atoms. The average molecular weight is 327 g/mol. The molecule has 0 bridgehead atoms. The SMILES string of the molecule is Nc1ncnc2c1ncn2[C@@H]1O[C@H](CO)[C@@H](O)[C@H]1OCCS. The van der Waals surface area contributed by atoms with Crippen LogP contribution in [0.3, 0.4) is 0 Å². The largest absolute Gasteiger partial charge is 0.394 e. The number of fused-ring (bicyclic) bond motifs is 1. The maximum Gasteiger partial charge on any atom is 0.167 e. The molecule has 0 unspecified atom stereocenters. The Balaban J connectivity index is 1.97. The summed E-state index contributed by atoms with van der Waals surface area (Å²) in [6, 6.07) is 0. The molecule has 1 aliphatic heterocycles. The number of nitrogens with two attached hydrogens (primary N) is 1. The molecule has 1 aliphatic rings. The summed E-state index contributed by atoms with van der Waals surface area (Å²) in [6.45, 7) is 0.0226. The van der Waals surface area contributed by atoms with Gasteiger partial charge in [-0.15, -0.1) is 0 Å². The van der Waals surface area contributed by atoms with Crippen molar-refractivity contribution < 1.29 is 19.7 Å². The normalized spacial score (nSPS) is 28.5. The van der Waals surface area contributed by atoms with E-state index < -0.39 is 24.5 Å². The number of anilines is 1. The Morgan fingerprint density at radius 3 is 2.95 bits per heavy atom. The summed E-state index contributed by atoms with van der Waals surface area (Å²) < 4.78 is 12.9. The van der Waals surface area contributed by atoms with E-state index in [4.69, 9.17) is 15.2 Å². The molecule has 3 rings (SSSR count). The van der Waals surface area contributed by atoms with E-state index in [9.17, 15) is 10.2 Å². The molecule has 9 nitrogen and oxygen atoms in total. The molecule has 2 aromatic rings. The molecule has 1 fully saturated rings. The van der Waals surface area contributed by atoms with Crippen LogP contribution >= 0.6 is 12.6 Å². The summed E-state index contributed by atoms with van der Waals surface area (Å²) in [5.74, 6) is 0.758. The quantitative estimate of drug-likeness (QED) is 0.513. The molecule has 0 amide bonds. The molecule has 3 heterocycles. The third kappa shape index (κ3) is 2.52. The molecular weight excluding hydrogens is 310 g/mol. The van der Waals surface area contributed by atoms with Crippen LogP contribution in [-0.2, 0) is 9.47 Å². The van der Waals surface area contributed by atoms with E-state index in [2.05, 4.69) is 27.6 Å². The number of hydrogen-bond donors (Lipinski definition) is 4. The van der Waals surface area contributed by atoms with Crippen LogP contribution in [0, 0.1) is 0 Å². The molecule has 0 radical (unpaired) electrons. The first-order chi connectivity index (χ1) is 10.7. The van der Waals surface area contributed by atoms with Crippen molar-refractivity contribution in [2.45, 2.75) is 24.5 Å². The standard InChI is InChI=1S/C12H17N5O4S/c13-10-7-11(15-4-14-10)17(5-16-7)12-9(20-1-2-22)8(19)6(3-18)21-12/h4-6,8-9,12,18-19,22H,1-3H2,(H2,13,14,15)/t6-,8-,9-,12-/m1/s1. The number of aliphatic hydroxyl groups excluding tert-OH is 2. The van der Waals surface area contributed by atoms with Crippen LogP contribution in [0.15, 0.2) is 12.7 Å².